The number of nitrogens with zero attached hydrogens (tertiary/aromatic N) is 15. The number of esters is 1. The summed E-state index contributed by atoms with van der Waals surface area (Å²) in [4.78, 5) is 118. The van der Waals surface area contributed by atoms with Crippen molar-refractivity contribution in [1.82, 2.24) is 63.7 Å². The monoisotopic (exact) mass is 1840 g/mol. The van der Waals surface area contributed by atoms with Gasteiger partial charge in [-0.25, -0.2) is 14.2 Å². The average molecular weight is 1840 g/mol. The molecule has 137 heavy (non-hydrogen) atoms. The lowest BCUT2D eigenvalue weighted by molar-refractivity contribution is -0.137. The van der Waals surface area contributed by atoms with Crippen LogP contribution in [0.5, 0.6) is 5.75 Å². The van der Waals surface area contributed by atoms with Crippen LogP contribution >= 0.6 is 11.3 Å². The van der Waals surface area contributed by atoms with Crippen LogP contribution in [-0.2, 0) is 90.3 Å². The zero-order valence-corrected chi connectivity index (χ0v) is 76.7. The maximum atomic E-state index is 13.3. The van der Waals surface area contributed by atoms with Crippen LogP contribution in [0.4, 0.5) is 20.9 Å². The molecule has 5 aromatic heterocycles. The Kier molecular flexibility index (Phi) is 29.2. The number of piperazine rings is 2. The van der Waals surface area contributed by atoms with Gasteiger partial charge in [-0.2, -0.15) is 20.4 Å². The van der Waals surface area contributed by atoms with Crippen molar-refractivity contribution in [1.29, 1.82) is 0 Å². The van der Waals surface area contributed by atoms with E-state index in [1.165, 1.54) is 37.5 Å². The molecule has 28 heteroatoms. The molecule has 4 aliphatic heterocycles. The minimum Gasteiger partial charge on any atom is -0.497 e. The van der Waals surface area contributed by atoms with Gasteiger partial charge in [0, 0.05) is 117 Å². The summed E-state index contributed by atoms with van der Waals surface area (Å²) in [6.07, 6.45) is 2.11. The van der Waals surface area contributed by atoms with E-state index in [9.17, 15) is 42.7 Å². The summed E-state index contributed by atoms with van der Waals surface area (Å²) in [6, 6.07) is 106. The number of carbonyl (C=O) groups is 8. The van der Waals surface area contributed by atoms with E-state index in [0.29, 0.717) is 87.3 Å². The molecule has 4 aliphatic rings. The average Bonchev–Trinajstić information content (AvgIpc) is 1.59. The SMILES string of the molecule is CC(=O)Nc1nc2c(s1)CCN(C(=O)Cn1nc(-c3ccccc3)cc1-c1ccccc1)CC2.COC(=O)c1ccc2c(c1)CCN(C(=O)Cn1nc(-c3ccccc3)cc1-c1ccccc1)C2.COc1cccc(N2CCN(C(=O)Cn3nc(-c4ccccc4)cc3-c3ccccc3)CC2=O)c1.O=C(Cn1nc(-c2ccccc2)cc1-c1ccccc1)N1CCN(c2ccc(F)cc2)C(=O)C1. The number of ether oxygens (including phenoxy) is 2. The van der Waals surface area contributed by atoms with E-state index in [4.69, 9.17) is 29.9 Å². The number of hydrogen-bond donors (Lipinski definition) is 1. The highest BCUT2D eigenvalue weighted by Crippen LogP contribution is 2.35. The van der Waals surface area contributed by atoms with Crippen molar-refractivity contribution in [3.05, 3.63) is 367 Å². The first-order valence-electron chi connectivity index (χ1n) is 45.2. The highest BCUT2D eigenvalue weighted by Gasteiger charge is 2.33. The maximum absolute atomic E-state index is 13.3. The molecule has 0 saturated carbocycles. The predicted octanol–water partition coefficient (Wildman–Crippen LogP) is 17.2. The standard InChI is InChI=1S/C28H26N4O3.C28H25N3O3.C27H23FN4O2.C26H25N5O2S/c1-35-24-14-8-13-23(17-24)31-16-15-30(19-28(31)34)27(33)20-32-26(22-11-6-3-7-12-22)18-25(29-32)21-9-4-2-5-10-21;1-34-28(33)23-12-13-24-18-30(15-14-22(24)16-23)27(32)19-31-26(21-10-6-3-7-11-21)17-25(29-31)20-8-4-2-5-9-20;28-22-11-13-23(14-12-22)31-16-15-30(18-27(31)34)26(33)19-32-25(21-9-5-2-6-10-21)17-24(29-32)20-7-3-1-4-8-20;1-18(32)27-26-28-21-12-14-30(15-13-24(21)34-26)25(33)17-31-23(20-10-6-3-7-11-20)16-22(29-31)19-8-4-2-5-9-19/h2-14,17-18H,15-16,19-20H2,1H3;2-13,16-17H,14-15,18-19H2,1H3;1-14,17H,15-16,18-19H2;2-11,16H,12-15,17H2,1H3,(H,27,28,32). The predicted molar refractivity (Wildman–Crippen MR) is 527 cm³/mol. The Bertz CT molecular complexity index is 6920. The molecule has 1 N–H and O–H groups in total. The van der Waals surface area contributed by atoms with Crippen LogP contribution in [0.15, 0.2) is 334 Å². The highest BCUT2D eigenvalue weighted by molar-refractivity contribution is 7.15. The molecular weight excluding hydrogens is 1740 g/mol. The van der Waals surface area contributed by atoms with Gasteiger partial charge in [0.05, 0.1) is 71.0 Å². The third kappa shape index (κ3) is 22.7. The van der Waals surface area contributed by atoms with Crippen LogP contribution in [0, 0.1) is 5.82 Å². The van der Waals surface area contributed by atoms with E-state index >= 15 is 0 Å². The van der Waals surface area contributed by atoms with Crippen molar-refractivity contribution in [2.75, 3.05) is 88.2 Å². The topological polar surface area (TPSA) is 271 Å². The number of halogens is 1. The van der Waals surface area contributed by atoms with Crippen LogP contribution in [0.2, 0.25) is 0 Å². The Morgan fingerprint density at radius 3 is 1.10 bits per heavy atom. The van der Waals surface area contributed by atoms with Gasteiger partial charge in [-0.15, -0.1) is 11.3 Å². The number of hydrogen-bond acceptors (Lipinski definition) is 16. The van der Waals surface area contributed by atoms with E-state index in [2.05, 4.69) is 10.3 Å². The van der Waals surface area contributed by atoms with Gasteiger partial charge in [-0.05, 0) is 113 Å². The third-order valence-corrected chi connectivity index (χ3v) is 25.2. The van der Waals surface area contributed by atoms with Crippen LogP contribution in [0.3, 0.4) is 0 Å². The van der Waals surface area contributed by atoms with Crippen LogP contribution < -0.4 is 19.9 Å². The van der Waals surface area contributed by atoms with E-state index in [-0.39, 0.29) is 92.4 Å². The fourth-order valence-electron chi connectivity index (χ4n) is 17.0. The molecule has 7 amide bonds. The first-order chi connectivity index (χ1) is 66.9. The number of thiazole rings is 1. The van der Waals surface area contributed by atoms with E-state index < -0.39 is 0 Å². The van der Waals surface area contributed by atoms with Gasteiger partial charge >= 0.3 is 5.97 Å². The summed E-state index contributed by atoms with van der Waals surface area (Å²) < 4.78 is 30.4. The lowest BCUT2D eigenvalue weighted by atomic mass is 9.97. The quantitative estimate of drug-likeness (QED) is 0.0655. The van der Waals surface area contributed by atoms with Gasteiger partial charge in [0.25, 0.3) is 0 Å². The Balaban J connectivity index is 0.000000127. The Labute approximate surface area is 796 Å². The van der Waals surface area contributed by atoms with Crippen molar-refractivity contribution in [2.45, 2.75) is 58.9 Å². The number of nitrogens with one attached hydrogen (secondary N) is 1. The fraction of sp³-hybridized carbons (Fsp3) is 0.183. The molecule has 0 bridgehead atoms. The minimum absolute atomic E-state index is 0.0163. The smallest absolute Gasteiger partial charge is 0.337 e. The van der Waals surface area contributed by atoms with Gasteiger partial charge in [0.15, 0.2) is 5.13 Å². The third-order valence-electron chi connectivity index (χ3n) is 24.1. The van der Waals surface area contributed by atoms with Gasteiger partial charge in [0.1, 0.15) is 50.8 Å². The van der Waals surface area contributed by atoms with E-state index in [1.54, 1.807) is 59.0 Å². The molecular formula is C109H99FN16O10S. The largest absolute Gasteiger partial charge is 0.497 e. The molecule has 0 aliphatic carbocycles. The van der Waals surface area contributed by atoms with Crippen molar-refractivity contribution in [3.8, 4) is 95.8 Å². The van der Waals surface area contributed by atoms with Crippen molar-refractivity contribution in [3.63, 3.8) is 0 Å². The van der Waals surface area contributed by atoms with E-state index in [1.807, 2.05) is 318 Å². The number of methoxy groups -OCH3 is 2. The summed E-state index contributed by atoms with van der Waals surface area (Å²) in [5.74, 6) is -0.697. The molecule has 688 valence electrons. The lowest BCUT2D eigenvalue weighted by Gasteiger charge is -2.34. The van der Waals surface area contributed by atoms with Crippen molar-refractivity contribution >= 4 is 75.2 Å². The number of amides is 7. The Hall–Kier alpha value is -16.6. The van der Waals surface area contributed by atoms with Gasteiger partial charge < -0.3 is 44.2 Å². The van der Waals surface area contributed by atoms with E-state index in [0.717, 1.165) is 124 Å². The number of rotatable bonds is 21. The summed E-state index contributed by atoms with van der Waals surface area (Å²) >= 11 is 1.50. The summed E-state index contributed by atoms with van der Waals surface area (Å²) in [7, 11) is 2.98. The Morgan fingerprint density at radius 2 is 0.723 bits per heavy atom. The number of benzene rings is 11. The maximum Gasteiger partial charge on any atom is 0.337 e. The molecule has 0 spiro atoms. The molecule has 2 fully saturated rings. The molecule has 0 unspecified atom stereocenters. The van der Waals surface area contributed by atoms with Crippen molar-refractivity contribution < 1.29 is 52.2 Å². The van der Waals surface area contributed by atoms with Gasteiger partial charge in [-0.3, -0.25) is 52.3 Å². The molecule has 16 aromatic rings. The number of anilines is 3. The fourth-order valence-corrected chi connectivity index (χ4v) is 18.0. The summed E-state index contributed by atoms with van der Waals surface area (Å²) in [6.45, 7) is 5.89. The molecule has 9 heterocycles. The second-order valence-electron chi connectivity index (χ2n) is 33.1. The number of carbonyl (C=O) groups excluding carboxylic acids is 8. The zero-order valence-electron chi connectivity index (χ0n) is 75.9. The molecule has 20 rings (SSSR count). The second-order valence-corrected chi connectivity index (χ2v) is 34.2. The Morgan fingerprint density at radius 1 is 0.358 bits per heavy atom. The lowest BCUT2D eigenvalue weighted by Crippen LogP contribution is -2.53. The van der Waals surface area contributed by atoms with Gasteiger partial charge in [0.2, 0.25) is 41.4 Å². The van der Waals surface area contributed by atoms with Gasteiger partial charge in [-0.1, -0.05) is 255 Å². The molecule has 11 aromatic carbocycles. The second kappa shape index (κ2) is 43.4. The molecule has 26 nitrogen and oxygen atoms in total. The normalized spacial score (nSPS) is 13.4. The summed E-state index contributed by atoms with van der Waals surface area (Å²) in [5, 5.41) is 22.5. The first kappa shape index (κ1) is 92.2. The molecule has 2 saturated heterocycles. The zero-order chi connectivity index (χ0) is 94.7. The molecule has 0 atom stereocenters. The van der Waals surface area contributed by atoms with Crippen LogP contribution in [0.1, 0.15) is 39.0 Å². The highest BCUT2D eigenvalue weighted by atomic mass is 32.1. The minimum atomic E-state index is -0.353. The number of aromatic nitrogens is 9. The van der Waals surface area contributed by atoms with Crippen molar-refractivity contribution in [2.24, 2.45) is 0 Å². The number of fused-ring (bicyclic) bond motifs is 2. The summed E-state index contributed by atoms with van der Waals surface area (Å²) in [5.41, 5.74) is 19.8. The van der Waals surface area contributed by atoms with Crippen LogP contribution in [0.25, 0.3) is 90.1 Å². The van der Waals surface area contributed by atoms with Crippen LogP contribution in [-0.4, -0.2) is 184 Å². The first-order valence-corrected chi connectivity index (χ1v) is 46.0. The molecule has 0 radical (unpaired) electrons.